The summed E-state index contributed by atoms with van der Waals surface area (Å²) < 4.78 is 29.0. The van der Waals surface area contributed by atoms with Gasteiger partial charge in [-0.2, -0.15) is 0 Å². The van der Waals surface area contributed by atoms with E-state index in [0.717, 1.165) is 6.26 Å². The minimum Gasteiger partial charge on any atom is -0.467 e. The van der Waals surface area contributed by atoms with Crippen molar-refractivity contribution in [3.63, 3.8) is 0 Å². The van der Waals surface area contributed by atoms with E-state index in [4.69, 9.17) is 0 Å². The van der Waals surface area contributed by atoms with E-state index >= 15 is 0 Å². The van der Waals surface area contributed by atoms with Crippen LogP contribution in [0.4, 0.5) is 0 Å². The molecule has 0 unspecified atom stereocenters. The van der Waals surface area contributed by atoms with Crippen molar-refractivity contribution in [2.75, 3.05) is 19.9 Å². The molecule has 0 aliphatic heterocycles. The predicted octanol–water partition coefficient (Wildman–Crippen LogP) is -1.61. The highest BCUT2D eigenvalue weighted by molar-refractivity contribution is 7.88. The lowest BCUT2D eigenvalue weighted by atomic mass is 10.1. The van der Waals surface area contributed by atoms with Gasteiger partial charge in [0.25, 0.3) is 0 Å². The number of rotatable bonds is 12. The summed E-state index contributed by atoms with van der Waals surface area (Å²) in [5, 5.41) is 7.40. The quantitative estimate of drug-likeness (QED) is 0.217. The lowest BCUT2D eigenvalue weighted by Crippen LogP contribution is -2.54. The van der Waals surface area contributed by atoms with Crippen LogP contribution < -0.4 is 20.7 Å². The van der Waals surface area contributed by atoms with Crippen LogP contribution in [0, 0.1) is 0 Å². The molecule has 11 nitrogen and oxygen atoms in total. The molecule has 0 spiro atoms. The van der Waals surface area contributed by atoms with Crippen LogP contribution in [0.1, 0.15) is 40.0 Å². The number of amides is 3. The van der Waals surface area contributed by atoms with E-state index in [1.165, 1.54) is 27.9 Å². The largest absolute Gasteiger partial charge is 0.467 e. The molecule has 0 aromatic rings. The number of methoxy groups -OCH3 is 1. The molecule has 0 rings (SSSR count). The van der Waals surface area contributed by atoms with Gasteiger partial charge in [0.05, 0.1) is 13.4 Å². The van der Waals surface area contributed by atoms with Crippen LogP contribution in [0.25, 0.3) is 0 Å². The maximum Gasteiger partial charge on any atom is 0.328 e. The number of carbonyl (C=O) groups is 4. The Morgan fingerprint density at radius 1 is 0.929 bits per heavy atom. The smallest absolute Gasteiger partial charge is 0.328 e. The summed E-state index contributed by atoms with van der Waals surface area (Å²) in [6.45, 7) is 4.38. The number of unbranched alkanes of at least 4 members (excludes halogenated alkanes) is 1. The van der Waals surface area contributed by atoms with Gasteiger partial charge >= 0.3 is 5.97 Å². The van der Waals surface area contributed by atoms with E-state index in [0.29, 0.717) is 12.8 Å². The third-order valence-corrected chi connectivity index (χ3v) is 4.37. The Morgan fingerprint density at radius 2 is 1.54 bits per heavy atom. The number of hydrogen-bond acceptors (Lipinski definition) is 7. The maximum absolute atomic E-state index is 12.4. The summed E-state index contributed by atoms with van der Waals surface area (Å²) in [4.78, 5) is 47.2. The Morgan fingerprint density at radius 3 is 2.04 bits per heavy atom. The number of hydrogen-bond donors (Lipinski definition) is 4. The number of carbonyl (C=O) groups excluding carboxylic acids is 4. The Kier molecular flexibility index (Phi) is 11.3. The number of sulfonamides is 1. The van der Waals surface area contributed by atoms with E-state index < -0.39 is 51.8 Å². The van der Waals surface area contributed by atoms with E-state index in [1.807, 2.05) is 0 Å². The zero-order chi connectivity index (χ0) is 21.9. The topological polar surface area (TPSA) is 160 Å². The van der Waals surface area contributed by atoms with Crippen molar-refractivity contribution in [3.8, 4) is 0 Å². The molecule has 12 heteroatoms. The van der Waals surface area contributed by atoms with Crippen molar-refractivity contribution in [1.29, 1.82) is 0 Å². The highest BCUT2D eigenvalue weighted by atomic mass is 32.2. The van der Waals surface area contributed by atoms with Crippen molar-refractivity contribution >= 4 is 33.7 Å². The molecule has 4 N–H and O–H groups in total. The minimum atomic E-state index is -3.30. The average molecular weight is 423 g/mol. The second-order valence-electron chi connectivity index (χ2n) is 6.40. The molecule has 3 atom stereocenters. The molecule has 0 aliphatic carbocycles. The van der Waals surface area contributed by atoms with Gasteiger partial charge in [-0.25, -0.2) is 17.9 Å². The third kappa shape index (κ3) is 11.5. The Labute approximate surface area is 165 Å². The number of ether oxygens (including phenoxy) is 1. The molecule has 0 saturated carbocycles. The van der Waals surface area contributed by atoms with Crippen molar-refractivity contribution in [1.82, 2.24) is 20.7 Å². The summed E-state index contributed by atoms with van der Waals surface area (Å²) in [6, 6.07) is -2.72. The molecular formula is C16H30N4O7S. The summed E-state index contributed by atoms with van der Waals surface area (Å²) in [6.07, 6.45) is 2.13. The molecule has 0 aromatic heterocycles. The molecule has 0 aromatic carbocycles. The Bertz CT molecular complexity index is 666. The molecule has 0 fully saturated rings. The van der Waals surface area contributed by atoms with Gasteiger partial charge in [-0.3, -0.25) is 14.4 Å². The highest BCUT2D eigenvalue weighted by Gasteiger charge is 2.26. The molecule has 28 heavy (non-hydrogen) atoms. The first-order valence-corrected chi connectivity index (χ1v) is 10.7. The molecule has 0 bridgehead atoms. The van der Waals surface area contributed by atoms with Crippen LogP contribution in [0.3, 0.4) is 0 Å². The molecule has 3 amide bonds. The summed E-state index contributed by atoms with van der Waals surface area (Å²) in [7, 11) is -2.11. The average Bonchev–Trinajstić information content (AvgIpc) is 2.57. The zero-order valence-electron chi connectivity index (χ0n) is 16.8. The van der Waals surface area contributed by atoms with E-state index in [2.05, 4.69) is 25.4 Å². The fourth-order valence-electron chi connectivity index (χ4n) is 2.22. The van der Waals surface area contributed by atoms with E-state index in [9.17, 15) is 27.6 Å². The van der Waals surface area contributed by atoms with Gasteiger partial charge in [0.1, 0.15) is 18.1 Å². The SMILES string of the molecule is COC(=O)[C@H](C)NC(=O)[C@H](CCCCNS(C)(=O)=O)NC(=O)[C@H](C)NC(C)=O. The van der Waals surface area contributed by atoms with Crippen LogP contribution in [0.15, 0.2) is 0 Å². The summed E-state index contributed by atoms with van der Waals surface area (Å²) in [5.41, 5.74) is 0. The lowest BCUT2D eigenvalue weighted by Gasteiger charge is -2.22. The first kappa shape index (κ1) is 25.8. The van der Waals surface area contributed by atoms with E-state index in [1.54, 1.807) is 0 Å². The maximum atomic E-state index is 12.4. The fourth-order valence-corrected chi connectivity index (χ4v) is 2.73. The lowest BCUT2D eigenvalue weighted by molar-refractivity contribution is -0.144. The molecule has 0 saturated heterocycles. The summed E-state index contributed by atoms with van der Waals surface area (Å²) in [5.74, 6) is -2.18. The van der Waals surface area contributed by atoms with E-state index in [-0.39, 0.29) is 13.0 Å². The number of esters is 1. The van der Waals surface area contributed by atoms with Gasteiger partial charge in [-0.15, -0.1) is 0 Å². The van der Waals surface area contributed by atoms with Gasteiger partial charge in [0.2, 0.25) is 27.7 Å². The monoisotopic (exact) mass is 422 g/mol. The van der Waals surface area contributed by atoms with Crippen molar-refractivity contribution in [3.05, 3.63) is 0 Å². The molecule has 162 valence electrons. The standard InChI is InChI=1S/C16H30N4O7S/c1-10(18-12(3)21)14(22)20-13(8-6-7-9-17-28(5,25)26)15(23)19-11(2)16(24)27-4/h10-11,13,17H,6-9H2,1-5H3,(H,18,21)(H,19,23)(H,20,22)/t10-,11-,13-/m0/s1. The Balaban J connectivity index is 4.89. The van der Waals surface area contributed by atoms with Crippen LogP contribution in [0.2, 0.25) is 0 Å². The number of nitrogens with one attached hydrogen (secondary N) is 4. The Hall–Kier alpha value is -2.21. The first-order chi connectivity index (χ1) is 12.9. The van der Waals surface area contributed by atoms with Crippen molar-refractivity contribution < 1.29 is 32.3 Å². The third-order valence-electron chi connectivity index (χ3n) is 3.64. The molecule has 0 radical (unpaired) electrons. The van der Waals surface area contributed by atoms with Crippen molar-refractivity contribution in [2.24, 2.45) is 0 Å². The second kappa shape index (κ2) is 12.3. The fraction of sp³-hybridized carbons (Fsp3) is 0.750. The predicted molar refractivity (Wildman–Crippen MR) is 102 cm³/mol. The molecule has 0 aliphatic rings. The summed E-state index contributed by atoms with van der Waals surface area (Å²) >= 11 is 0. The van der Waals surface area contributed by atoms with Gasteiger partial charge < -0.3 is 20.7 Å². The zero-order valence-corrected chi connectivity index (χ0v) is 17.6. The van der Waals surface area contributed by atoms with Gasteiger partial charge in [0, 0.05) is 13.5 Å². The van der Waals surface area contributed by atoms with Crippen LogP contribution in [-0.2, 0) is 33.9 Å². The molecular weight excluding hydrogens is 392 g/mol. The minimum absolute atomic E-state index is 0.196. The van der Waals surface area contributed by atoms with Crippen LogP contribution in [0.5, 0.6) is 0 Å². The first-order valence-electron chi connectivity index (χ1n) is 8.77. The normalized spacial score (nSPS) is 14.3. The van der Waals surface area contributed by atoms with Crippen molar-refractivity contribution in [2.45, 2.75) is 58.2 Å². The highest BCUT2D eigenvalue weighted by Crippen LogP contribution is 2.03. The van der Waals surface area contributed by atoms with Gasteiger partial charge in [0.15, 0.2) is 0 Å². The second-order valence-corrected chi connectivity index (χ2v) is 8.23. The van der Waals surface area contributed by atoms with Crippen LogP contribution in [-0.4, -0.2) is 70.1 Å². The molecule has 0 heterocycles. The van der Waals surface area contributed by atoms with Gasteiger partial charge in [-0.05, 0) is 33.1 Å². The van der Waals surface area contributed by atoms with Gasteiger partial charge in [-0.1, -0.05) is 0 Å². The van der Waals surface area contributed by atoms with Crippen LogP contribution >= 0.6 is 0 Å².